The number of fused-ring (bicyclic) bond motifs is 1. The van der Waals surface area contributed by atoms with Crippen molar-refractivity contribution in [2.24, 2.45) is 0 Å². The molecule has 40 heavy (non-hydrogen) atoms. The molecule has 0 bridgehead atoms. The van der Waals surface area contributed by atoms with Gasteiger partial charge in [0.2, 0.25) is 0 Å². The van der Waals surface area contributed by atoms with Crippen LogP contribution in [0.5, 0.6) is 17.2 Å². The predicted molar refractivity (Wildman–Crippen MR) is 153 cm³/mol. The molecule has 4 aromatic rings. The molecule has 4 amide bonds. The van der Waals surface area contributed by atoms with Gasteiger partial charge in [-0.1, -0.05) is 48.0 Å². The summed E-state index contributed by atoms with van der Waals surface area (Å²) in [6.07, 6.45) is 1.35. The first-order chi connectivity index (χ1) is 19.3. The van der Waals surface area contributed by atoms with Crippen molar-refractivity contribution in [1.29, 1.82) is 0 Å². The number of amides is 4. The van der Waals surface area contributed by atoms with Gasteiger partial charge in [0.1, 0.15) is 17.9 Å². The van der Waals surface area contributed by atoms with E-state index in [-0.39, 0.29) is 22.9 Å². The molecule has 1 aliphatic rings. The number of benzene rings is 4. The molecule has 0 radical (unpaired) electrons. The first-order valence-corrected chi connectivity index (χ1v) is 12.7. The average molecular weight is 557 g/mol. The molecular formula is C31H25ClN2O6. The lowest BCUT2D eigenvalue weighted by Crippen LogP contribution is -2.54. The minimum Gasteiger partial charge on any atom is -0.497 e. The van der Waals surface area contributed by atoms with E-state index in [0.29, 0.717) is 22.8 Å². The van der Waals surface area contributed by atoms with E-state index in [1.54, 1.807) is 36.4 Å². The third-order valence-electron chi connectivity index (χ3n) is 6.63. The number of rotatable bonds is 7. The monoisotopic (exact) mass is 556 g/mol. The van der Waals surface area contributed by atoms with Gasteiger partial charge in [-0.05, 0) is 71.3 Å². The van der Waals surface area contributed by atoms with Crippen molar-refractivity contribution >= 4 is 52.0 Å². The third-order valence-corrected chi connectivity index (χ3v) is 6.91. The summed E-state index contributed by atoms with van der Waals surface area (Å²) >= 11 is 6.61. The molecule has 1 heterocycles. The number of anilines is 1. The zero-order valence-corrected chi connectivity index (χ0v) is 22.7. The van der Waals surface area contributed by atoms with E-state index < -0.39 is 17.8 Å². The van der Waals surface area contributed by atoms with Crippen molar-refractivity contribution in [3.8, 4) is 17.2 Å². The molecule has 0 unspecified atom stereocenters. The van der Waals surface area contributed by atoms with E-state index in [2.05, 4.69) is 11.4 Å². The first-order valence-electron chi connectivity index (χ1n) is 12.3. The van der Waals surface area contributed by atoms with Crippen molar-refractivity contribution in [2.45, 2.75) is 13.5 Å². The molecule has 0 spiro atoms. The van der Waals surface area contributed by atoms with Crippen molar-refractivity contribution in [3.63, 3.8) is 0 Å². The molecule has 0 aliphatic carbocycles. The Kier molecular flexibility index (Phi) is 7.44. The van der Waals surface area contributed by atoms with Crippen LogP contribution in [-0.2, 0) is 16.2 Å². The van der Waals surface area contributed by atoms with Crippen LogP contribution in [0.3, 0.4) is 0 Å². The maximum Gasteiger partial charge on any atom is 0.335 e. The molecule has 9 heteroatoms. The summed E-state index contributed by atoms with van der Waals surface area (Å²) in [5.74, 6) is -0.389. The van der Waals surface area contributed by atoms with E-state index in [1.807, 2.05) is 37.3 Å². The molecule has 1 fully saturated rings. The average Bonchev–Trinajstić information content (AvgIpc) is 2.95. The van der Waals surface area contributed by atoms with Gasteiger partial charge in [0, 0.05) is 5.56 Å². The van der Waals surface area contributed by atoms with Gasteiger partial charge in [-0.3, -0.25) is 14.9 Å². The molecule has 0 atom stereocenters. The number of nitrogens with one attached hydrogen (secondary N) is 1. The Labute approximate surface area is 235 Å². The van der Waals surface area contributed by atoms with E-state index in [4.69, 9.17) is 25.8 Å². The summed E-state index contributed by atoms with van der Waals surface area (Å²) in [6, 6.07) is 20.8. The van der Waals surface area contributed by atoms with Gasteiger partial charge in [-0.15, -0.1) is 0 Å². The SMILES string of the molecule is COc1ccc(N2C(=O)NC(=O)/C(=C\c3cc(Cl)c(OCc4c(C)ccc5ccccc45)c(OC)c3)C2=O)cc1. The van der Waals surface area contributed by atoms with Crippen LogP contribution in [0, 0.1) is 6.92 Å². The molecule has 202 valence electrons. The van der Waals surface area contributed by atoms with Gasteiger partial charge >= 0.3 is 6.03 Å². The minimum atomic E-state index is -0.847. The number of barbiturate groups is 1. The topological polar surface area (TPSA) is 94.2 Å². The molecule has 0 saturated carbocycles. The highest BCUT2D eigenvalue weighted by molar-refractivity contribution is 6.39. The van der Waals surface area contributed by atoms with Crippen LogP contribution in [0.1, 0.15) is 16.7 Å². The van der Waals surface area contributed by atoms with Crippen LogP contribution in [-0.4, -0.2) is 32.1 Å². The summed E-state index contributed by atoms with van der Waals surface area (Å²) in [5.41, 5.74) is 2.56. The second-order valence-corrected chi connectivity index (χ2v) is 9.47. The van der Waals surface area contributed by atoms with Crippen LogP contribution in [0.15, 0.2) is 78.4 Å². The fourth-order valence-corrected chi connectivity index (χ4v) is 4.81. The van der Waals surface area contributed by atoms with Gasteiger partial charge in [-0.2, -0.15) is 0 Å². The number of hydrogen-bond acceptors (Lipinski definition) is 6. The van der Waals surface area contributed by atoms with E-state index >= 15 is 0 Å². The second kappa shape index (κ2) is 11.1. The standard InChI is InChI=1S/C31H25ClN2O6/c1-18-8-9-20-6-4-5-7-23(20)25(18)17-40-28-26(32)15-19(16-27(28)39-3)14-24-29(35)33-31(37)34(30(24)36)21-10-12-22(38-2)13-11-21/h4-16H,17H2,1-3H3,(H,33,35,37)/b24-14+. The lowest BCUT2D eigenvalue weighted by Gasteiger charge is -2.26. The van der Waals surface area contributed by atoms with Gasteiger partial charge < -0.3 is 14.2 Å². The minimum absolute atomic E-state index is 0.232. The number of nitrogens with zero attached hydrogens (tertiary/aromatic N) is 1. The number of imide groups is 2. The summed E-state index contributed by atoms with van der Waals surface area (Å²) in [6.45, 7) is 2.27. The summed E-state index contributed by atoms with van der Waals surface area (Å²) < 4.78 is 16.8. The van der Waals surface area contributed by atoms with Crippen LogP contribution in [0.4, 0.5) is 10.5 Å². The van der Waals surface area contributed by atoms with Crippen LogP contribution in [0.25, 0.3) is 16.8 Å². The highest BCUT2D eigenvalue weighted by Gasteiger charge is 2.37. The summed E-state index contributed by atoms with van der Waals surface area (Å²) in [4.78, 5) is 39.3. The Morgan fingerprint density at radius 2 is 1.68 bits per heavy atom. The van der Waals surface area contributed by atoms with Crippen molar-refractivity contribution < 1.29 is 28.6 Å². The van der Waals surface area contributed by atoms with Gasteiger partial charge in [0.15, 0.2) is 11.5 Å². The Hall–Kier alpha value is -4.82. The van der Waals surface area contributed by atoms with E-state index in [9.17, 15) is 14.4 Å². The number of carbonyl (C=O) groups is 3. The van der Waals surface area contributed by atoms with Gasteiger partial charge in [0.25, 0.3) is 11.8 Å². The molecule has 4 aromatic carbocycles. The van der Waals surface area contributed by atoms with Crippen LogP contribution in [0.2, 0.25) is 5.02 Å². The van der Waals surface area contributed by atoms with Gasteiger partial charge in [0.05, 0.1) is 24.9 Å². The first kappa shape index (κ1) is 26.8. The van der Waals surface area contributed by atoms with E-state index in [1.165, 1.54) is 20.3 Å². The Balaban J connectivity index is 1.45. The summed E-state index contributed by atoms with van der Waals surface area (Å²) in [7, 11) is 2.98. The number of methoxy groups -OCH3 is 2. The van der Waals surface area contributed by atoms with Crippen molar-refractivity contribution in [2.75, 3.05) is 19.1 Å². The maximum absolute atomic E-state index is 13.3. The Bertz CT molecular complexity index is 1680. The number of urea groups is 1. The third kappa shape index (κ3) is 5.09. The quantitative estimate of drug-likeness (QED) is 0.219. The second-order valence-electron chi connectivity index (χ2n) is 9.06. The number of halogens is 1. The number of aryl methyl sites for hydroxylation is 1. The Morgan fingerprint density at radius 3 is 2.40 bits per heavy atom. The smallest absolute Gasteiger partial charge is 0.335 e. The number of ether oxygens (including phenoxy) is 3. The highest BCUT2D eigenvalue weighted by Crippen LogP contribution is 2.38. The normalized spacial score (nSPS) is 14.4. The predicted octanol–water partition coefficient (Wildman–Crippen LogP) is 6.06. The fraction of sp³-hybridized carbons (Fsp3) is 0.129. The lowest BCUT2D eigenvalue weighted by atomic mass is 10.0. The summed E-state index contributed by atoms with van der Waals surface area (Å²) in [5, 5.41) is 4.62. The molecular weight excluding hydrogens is 532 g/mol. The highest BCUT2D eigenvalue weighted by atomic mass is 35.5. The zero-order valence-electron chi connectivity index (χ0n) is 22.0. The van der Waals surface area contributed by atoms with Crippen molar-refractivity contribution in [3.05, 3.63) is 100 Å². The van der Waals surface area contributed by atoms with E-state index in [0.717, 1.165) is 26.8 Å². The molecule has 5 rings (SSSR count). The largest absolute Gasteiger partial charge is 0.497 e. The zero-order chi connectivity index (χ0) is 28.4. The lowest BCUT2D eigenvalue weighted by molar-refractivity contribution is -0.122. The maximum atomic E-state index is 13.3. The molecule has 1 N–H and O–H groups in total. The van der Waals surface area contributed by atoms with Crippen LogP contribution < -0.4 is 24.4 Å². The van der Waals surface area contributed by atoms with Gasteiger partial charge in [-0.25, -0.2) is 9.69 Å². The molecule has 8 nitrogen and oxygen atoms in total. The Morgan fingerprint density at radius 1 is 0.925 bits per heavy atom. The molecule has 1 aliphatic heterocycles. The molecule has 0 aromatic heterocycles. The van der Waals surface area contributed by atoms with Crippen molar-refractivity contribution in [1.82, 2.24) is 5.32 Å². The molecule has 1 saturated heterocycles. The fourth-order valence-electron chi connectivity index (χ4n) is 4.53. The number of hydrogen-bond donors (Lipinski definition) is 1. The number of carbonyl (C=O) groups excluding carboxylic acids is 3. The van der Waals surface area contributed by atoms with Crippen LogP contribution >= 0.6 is 11.6 Å².